The SMILES string of the molecule is CCC12CN(C(=O)c3ccc(Cl)c(Cc4nc5c(C)cc(C(F)(F)F)cc5n4C)c3Cl)CC1C2C(=O)O. The second-order valence-electron chi connectivity index (χ2n) is 10.0. The van der Waals surface area contributed by atoms with E-state index in [2.05, 4.69) is 4.98 Å². The smallest absolute Gasteiger partial charge is 0.416 e. The van der Waals surface area contributed by atoms with Gasteiger partial charge in [-0.3, -0.25) is 9.59 Å². The van der Waals surface area contributed by atoms with Crippen molar-refractivity contribution < 1.29 is 27.9 Å². The molecule has 1 aromatic heterocycles. The number of aryl methyl sites for hydroxylation is 2. The Morgan fingerprint density at radius 3 is 2.54 bits per heavy atom. The van der Waals surface area contributed by atoms with Gasteiger partial charge in [0.05, 0.1) is 33.1 Å². The largest absolute Gasteiger partial charge is 0.481 e. The first-order valence-corrected chi connectivity index (χ1v) is 12.6. The number of amides is 1. The number of benzene rings is 2. The van der Waals surface area contributed by atoms with Crippen molar-refractivity contribution in [2.75, 3.05) is 13.1 Å². The summed E-state index contributed by atoms with van der Waals surface area (Å²) in [5.74, 6) is -1.19. The maximum absolute atomic E-state index is 13.4. The Hall–Kier alpha value is -2.78. The van der Waals surface area contributed by atoms with Crippen LogP contribution in [0, 0.1) is 24.2 Å². The lowest BCUT2D eigenvalue weighted by Gasteiger charge is -2.23. The molecule has 6 nitrogen and oxygen atoms in total. The first-order chi connectivity index (χ1) is 17.3. The first kappa shape index (κ1) is 25.9. The van der Waals surface area contributed by atoms with E-state index < -0.39 is 29.0 Å². The fourth-order valence-corrected chi connectivity index (χ4v) is 6.57. The molecule has 0 spiro atoms. The first-order valence-electron chi connectivity index (χ1n) is 11.8. The zero-order valence-corrected chi connectivity index (χ0v) is 21.8. The van der Waals surface area contributed by atoms with Crippen molar-refractivity contribution in [2.45, 2.75) is 32.9 Å². The fourth-order valence-electron chi connectivity index (χ4n) is 5.98. The number of piperidine rings is 1. The molecule has 2 aliphatic rings. The van der Waals surface area contributed by atoms with Crippen LogP contribution in [0.3, 0.4) is 0 Å². The Kier molecular flexibility index (Phi) is 6.03. The summed E-state index contributed by atoms with van der Waals surface area (Å²) in [6.45, 7) is 4.22. The van der Waals surface area contributed by atoms with E-state index in [1.165, 1.54) is 0 Å². The Morgan fingerprint density at radius 1 is 1.24 bits per heavy atom. The number of rotatable bonds is 5. The Morgan fingerprint density at radius 2 is 1.95 bits per heavy atom. The molecule has 1 aliphatic carbocycles. The quantitative estimate of drug-likeness (QED) is 0.421. The number of carbonyl (C=O) groups excluding carboxylic acids is 1. The molecule has 11 heteroatoms. The van der Waals surface area contributed by atoms with Crippen molar-refractivity contribution in [3.8, 4) is 0 Å². The molecule has 2 fully saturated rings. The van der Waals surface area contributed by atoms with Gasteiger partial charge < -0.3 is 14.6 Å². The number of likely N-dealkylation sites (tertiary alicyclic amines) is 1. The number of carbonyl (C=O) groups is 2. The summed E-state index contributed by atoms with van der Waals surface area (Å²) in [7, 11) is 1.63. The van der Waals surface area contributed by atoms with E-state index in [1.807, 2.05) is 6.92 Å². The van der Waals surface area contributed by atoms with Crippen molar-refractivity contribution in [3.63, 3.8) is 0 Å². The third kappa shape index (κ3) is 3.98. The lowest BCUT2D eigenvalue weighted by Crippen LogP contribution is -2.35. The number of carboxylic acids is 1. The average molecular weight is 554 g/mol. The van der Waals surface area contributed by atoms with Gasteiger partial charge in [0.2, 0.25) is 0 Å². The molecule has 196 valence electrons. The van der Waals surface area contributed by atoms with Crippen LogP contribution >= 0.6 is 23.2 Å². The van der Waals surface area contributed by atoms with Crippen molar-refractivity contribution in [1.82, 2.24) is 14.5 Å². The molecule has 0 bridgehead atoms. The van der Waals surface area contributed by atoms with E-state index in [-0.39, 0.29) is 28.8 Å². The second-order valence-corrected chi connectivity index (χ2v) is 10.8. The van der Waals surface area contributed by atoms with E-state index >= 15 is 0 Å². The van der Waals surface area contributed by atoms with Gasteiger partial charge in [0.1, 0.15) is 5.82 Å². The molecule has 37 heavy (non-hydrogen) atoms. The van der Waals surface area contributed by atoms with Gasteiger partial charge in [0, 0.05) is 37.0 Å². The lowest BCUT2D eigenvalue weighted by molar-refractivity contribution is -0.140. The fraction of sp³-hybridized carbons (Fsp3) is 0.423. The number of aliphatic carboxylic acids is 1. The van der Waals surface area contributed by atoms with Gasteiger partial charge >= 0.3 is 12.1 Å². The molecule has 3 unspecified atom stereocenters. The Labute approximate surface area is 221 Å². The van der Waals surface area contributed by atoms with Crippen molar-refractivity contribution >= 4 is 46.1 Å². The summed E-state index contributed by atoms with van der Waals surface area (Å²) in [5, 5.41) is 9.95. The molecule has 2 aromatic carbocycles. The maximum Gasteiger partial charge on any atom is 0.416 e. The Balaban J connectivity index is 1.46. The third-order valence-electron chi connectivity index (χ3n) is 8.11. The third-order valence-corrected chi connectivity index (χ3v) is 8.90. The van der Waals surface area contributed by atoms with E-state index in [0.29, 0.717) is 52.5 Å². The molecule has 1 saturated heterocycles. The predicted molar refractivity (Wildman–Crippen MR) is 133 cm³/mol. The number of hydrogen-bond acceptors (Lipinski definition) is 3. The van der Waals surface area contributed by atoms with E-state index in [1.54, 1.807) is 35.6 Å². The molecule has 1 N–H and O–H groups in total. The van der Waals surface area contributed by atoms with E-state index in [4.69, 9.17) is 23.2 Å². The molecule has 3 atom stereocenters. The molecule has 1 aliphatic heterocycles. The average Bonchev–Trinajstić information content (AvgIpc) is 3.09. The topological polar surface area (TPSA) is 75.4 Å². The molecule has 1 amide bonds. The summed E-state index contributed by atoms with van der Waals surface area (Å²) < 4.78 is 41.6. The van der Waals surface area contributed by atoms with Gasteiger partial charge in [0.15, 0.2) is 0 Å². The number of aromatic nitrogens is 2. The standard InChI is InChI=1S/C26H24Cl2F3N3O3/c1-4-25-11-34(10-16(25)20(25)24(36)37)23(35)14-5-6-17(27)15(21(14)28)9-19-32-22-12(2)7-13(26(29,30)31)8-18(22)33(19)3/h5-8,16,20H,4,9-11H2,1-3H3,(H,36,37). The predicted octanol–water partition coefficient (Wildman–Crippen LogP) is 5.98. The molecule has 5 rings (SSSR count). The van der Waals surface area contributed by atoms with Crippen LogP contribution in [0.25, 0.3) is 11.0 Å². The molecule has 3 aromatic rings. The van der Waals surface area contributed by atoms with Crippen LogP contribution in [0.5, 0.6) is 0 Å². The van der Waals surface area contributed by atoms with Gasteiger partial charge in [-0.1, -0.05) is 30.1 Å². The number of nitrogens with zero attached hydrogens (tertiary/aromatic N) is 3. The number of halogens is 5. The molecule has 0 radical (unpaired) electrons. The zero-order valence-electron chi connectivity index (χ0n) is 20.3. The summed E-state index contributed by atoms with van der Waals surface area (Å²) in [5.41, 5.74) is 0.701. The van der Waals surface area contributed by atoms with Crippen LogP contribution in [-0.2, 0) is 24.4 Å². The number of fused-ring (bicyclic) bond motifs is 2. The van der Waals surface area contributed by atoms with Crippen molar-refractivity contribution in [2.24, 2.45) is 24.3 Å². The lowest BCUT2D eigenvalue weighted by atomic mass is 9.99. The minimum atomic E-state index is -4.48. The van der Waals surface area contributed by atoms with Crippen LogP contribution in [0.1, 0.15) is 46.2 Å². The van der Waals surface area contributed by atoms with Crippen LogP contribution in [-0.4, -0.2) is 44.5 Å². The molecule has 2 heterocycles. The van der Waals surface area contributed by atoms with Crippen LogP contribution < -0.4 is 0 Å². The summed E-state index contributed by atoms with van der Waals surface area (Å²) in [6, 6.07) is 5.24. The van der Waals surface area contributed by atoms with E-state index in [9.17, 15) is 27.9 Å². The highest BCUT2D eigenvalue weighted by Gasteiger charge is 2.71. The van der Waals surface area contributed by atoms with Gasteiger partial charge in [-0.25, -0.2) is 4.98 Å². The number of carboxylic acid groups (broad SMARTS) is 1. The van der Waals surface area contributed by atoms with Crippen LogP contribution in [0.15, 0.2) is 24.3 Å². The molecular weight excluding hydrogens is 530 g/mol. The van der Waals surface area contributed by atoms with Gasteiger partial charge in [-0.2, -0.15) is 13.2 Å². The van der Waals surface area contributed by atoms with Crippen LogP contribution in [0.2, 0.25) is 10.0 Å². The highest BCUT2D eigenvalue weighted by atomic mass is 35.5. The number of hydrogen-bond donors (Lipinski definition) is 1. The summed E-state index contributed by atoms with van der Waals surface area (Å²) in [4.78, 5) is 31.2. The van der Waals surface area contributed by atoms with Crippen LogP contribution in [0.4, 0.5) is 13.2 Å². The highest BCUT2D eigenvalue weighted by Crippen LogP contribution is 2.65. The normalized spacial score (nSPS) is 23.0. The molecular formula is C26H24Cl2F3N3O3. The minimum absolute atomic E-state index is 0.0747. The second kappa shape index (κ2) is 8.63. The monoisotopic (exact) mass is 553 g/mol. The summed E-state index contributed by atoms with van der Waals surface area (Å²) in [6.07, 6.45) is -3.71. The minimum Gasteiger partial charge on any atom is -0.481 e. The van der Waals surface area contributed by atoms with Gasteiger partial charge in [0.25, 0.3) is 5.91 Å². The van der Waals surface area contributed by atoms with E-state index in [0.717, 1.165) is 12.1 Å². The Bertz CT molecular complexity index is 1470. The highest BCUT2D eigenvalue weighted by molar-refractivity contribution is 6.38. The summed E-state index contributed by atoms with van der Waals surface area (Å²) >= 11 is 13.1. The number of imidazole rings is 1. The number of alkyl halides is 3. The maximum atomic E-state index is 13.4. The zero-order chi connectivity index (χ0) is 27.0. The van der Waals surface area contributed by atoms with Crippen molar-refractivity contribution in [3.05, 3.63) is 62.4 Å². The van der Waals surface area contributed by atoms with Gasteiger partial charge in [-0.15, -0.1) is 0 Å². The van der Waals surface area contributed by atoms with Crippen molar-refractivity contribution in [1.29, 1.82) is 0 Å². The van der Waals surface area contributed by atoms with Gasteiger partial charge in [-0.05, 0) is 54.7 Å². The molecule has 1 saturated carbocycles.